The van der Waals surface area contributed by atoms with Crippen LogP contribution in [0.15, 0.2) is 85.7 Å². The largest absolute Gasteiger partial charge is 0.444 e. The van der Waals surface area contributed by atoms with Crippen molar-refractivity contribution in [2.75, 3.05) is 11.1 Å². The first kappa shape index (κ1) is 47.9. The van der Waals surface area contributed by atoms with Crippen molar-refractivity contribution in [3.8, 4) is 22.5 Å². The summed E-state index contributed by atoms with van der Waals surface area (Å²) < 4.78 is 14.3. The number of rotatable bonds is 6. The summed E-state index contributed by atoms with van der Waals surface area (Å²) in [4.78, 5) is 41.8. The van der Waals surface area contributed by atoms with Gasteiger partial charge in [-0.1, -0.05) is 37.1 Å². The number of ether oxygens (including phenoxy) is 2. The van der Waals surface area contributed by atoms with Crippen LogP contribution in [0, 0.1) is 0 Å². The first-order valence-corrected chi connectivity index (χ1v) is 22.3. The van der Waals surface area contributed by atoms with Crippen molar-refractivity contribution in [3.05, 3.63) is 113 Å². The standard InChI is InChI=1S/C24H30N6O2.C20H24ClN3O2.C4H7N3/c1-24(2,3)32-23(31)29-21-8-6-5-7-16-13-17(9-10-19(16)21)20-11-12-25-22(28-20)27-18-14-26-30(4)15-18;1-20(2,3)26-19(25)24-17-7-5-4-6-13-12-14(8-9-15(13)17)16-10-11-22-18(21)23-16;1-7-3-4(5)2-6-7/h9-15,21H,5-8H2,1-4H3,(H,29,31)(H,25,27,28);8-12,17H,4-7H2,1-3H3,(H,24,25);2-3H,5H2,1H3. The Morgan fingerprint density at radius 2 is 1.20 bits per heavy atom. The van der Waals surface area contributed by atoms with Gasteiger partial charge in [0.05, 0.1) is 47.2 Å². The molecule has 2 aromatic carbocycles. The minimum atomic E-state index is -0.518. The predicted molar refractivity (Wildman–Crippen MR) is 253 cm³/mol. The summed E-state index contributed by atoms with van der Waals surface area (Å²) in [7, 11) is 3.69. The van der Waals surface area contributed by atoms with Gasteiger partial charge in [-0.15, -0.1) is 0 Å². The number of hydrogen-bond acceptors (Lipinski definition) is 12. The van der Waals surface area contributed by atoms with E-state index in [9.17, 15) is 9.59 Å². The topological polar surface area (TPSA) is 202 Å². The molecule has 65 heavy (non-hydrogen) atoms. The van der Waals surface area contributed by atoms with Crippen molar-refractivity contribution < 1.29 is 19.1 Å². The first-order chi connectivity index (χ1) is 30.9. The number of carbonyl (C=O) groups is 2. The highest BCUT2D eigenvalue weighted by molar-refractivity contribution is 6.28. The maximum atomic E-state index is 12.4. The van der Waals surface area contributed by atoms with E-state index in [1.807, 2.05) is 80.0 Å². The second kappa shape index (κ2) is 21.4. The number of alkyl carbamates (subject to hydrolysis) is 2. The van der Waals surface area contributed by atoms with Gasteiger partial charge in [-0.3, -0.25) is 9.36 Å². The van der Waals surface area contributed by atoms with Crippen LogP contribution < -0.4 is 21.7 Å². The molecule has 0 bridgehead atoms. The summed E-state index contributed by atoms with van der Waals surface area (Å²) in [6.45, 7) is 11.2. The number of aryl methyl sites for hydroxylation is 4. The average molecular weight is 906 g/mol. The molecule has 4 heterocycles. The van der Waals surface area contributed by atoms with E-state index < -0.39 is 11.2 Å². The van der Waals surface area contributed by atoms with Gasteiger partial charge in [-0.25, -0.2) is 29.5 Å². The van der Waals surface area contributed by atoms with Crippen molar-refractivity contribution in [2.45, 2.75) is 116 Å². The quantitative estimate of drug-likeness (QED) is 0.0912. The van der Waals surface area contributed by atoms with E-state index in [1.54, 1.807) is 40.3 Å². The van der Waals surface area contributed by atoms with E-state index in [2.05, 4.69) is 76.4 Å². The Bertz CT molecular complexity index is 2530. The molecule has 344 valence electrons. The summed E-state index contributed by atoms with van der Waals surface area (Å²) in [5.41, 5.74) is 14.3. The molecule has 0 aliphatic heterocycles. The molecule has 2 aliphatic carbocycles. The van der Waals surface area contributed by atoms with E-state index in [4.69, 9.17) is 26.8 Å². The lowest BCUT2D eigenvalue weighted by Crippen LogP contribution is -2.35. The number of nitrogens with one attached hydrogen (secondary N) is 3. The smallest absolute Gasteiger partial charge is 0.408 e. The molecular formula is C48H61ClN12O4. The Morgan fingerprint density at radius 3 is 1.65 bits per heavy atom. The third-order valence-electron chi connectivity index (χ3n) is 10.4. The molecule has 17 heteroatoms. The SMILES string of the molecule is CC(C)(C)OC(=O)NC1CCCCc2cc(-c3ccnc(Cl)n3)ccc21.Cn1cc(N)cn1.Cn1cc(Nc2nccc(-c3ccc4c(c3)CCCCC4NC(=O)OC(C)(C)C)n2)cn1. The Labute approximate surface area is 386 Å². The number of aromatic nitrogens is 8. The number of hydrogen-bond donors (Lipinski definition) is 4. The number of carbonyl (C=O) groups excluding carboxylic acids is 2. The number of nitrogens with zero attached hydrogens (tertiary/aromatic N) is 8. The van der Waals surface area contributed by atoms with Crippen LogP contribution in [0.1, 0.15) is 114 Å². The fourth-order valence-electron chi connectivity index (χ4n) is 7.61. The van der Waals surface area contributed by atoms with Crippen LogP contribution in [0.25, 0.3) is 22.5 Å². The first-order valence-electron chi connectivity index (χ1n) is 21.9. The zero-order valence-corrected chi connectivity index (χ0v) is 39.3. The van der Waals surface area contributed by atoms with Crippen LogP contribution in [0.5, 0.6) is 0 Å². The summed E-state index contributed by atoms with van der Waals surface area (Å²) >= 11 is 5.91. The maximum absolute atomic E-state index is 12.4. The van der Waals surface area contributed by atoms with Gasteiger partial charge < -0.3 is 31.2 Å². The van der Waals surface area contributed by atoms with Crippen LogP contribution in [0.2, 0.25) is 5.28 Å². The second-order valence-electron chi connectivity index (χ2n) is 18.2. The third kappa shape index (κ3) is 14.7. The maximum Gasteiger partial charge on any atom is 0.408 e. The van der Waals surface area contributed by atoms with E-state index in [1.165, 1.54) is 11.1 Å². The molecule has 5 N–H and O–H groups in total. The average Bonchev–Trinajstić information content (AvgIpc) is 3.69. The monoisotopic (exact) mass is 904 g/mol. The van der Waals surface area contributed by atoms with E-state index in [0.717, 1.165) is 90.7 Å². The van der Waals surface area contributed by atoms with Gasteiger partial charge in [-0.2, -0.15) is 10.2 Å². The predicted octanol–water partition coefficient (Wildman–Crippen LogP) is 10.0. The molecule has 4 aromatic heterocycles. The number of nitrogens with two attached hydrogens (primary N) is 1. The van der Waals surface area contributed by atoms with Crippen LogP contribution in [-0.2, 0) is 36.4 Å². The Hall–Kier alpha value is -6.55. The third-order valence-corrected chi connectivity index (χ3v) is 10.5. The minimum Gasteiger partial charge on any atom is -0.444 e. The van der Waals surface area contributed by atoms with Gasteiger partial charge in [0.25, 0.3) is 0 Å². The van der Waals surface area contributed by atoms with E-state index in [-0.39, 0.29) is 29.6 Å². The van der Waals surface area contributed by atoms with Crippen LogP contribution in [-0.4, -0.2) is 62.9 Å². The van der Waals surface area contributed by atoms with Gasteiger partial charge in [0, 0.05) is 50.0 Å². The zero-order chi connectivity index (χ0) is 46.7. The molecule has 2 amide bonds. The second-order valence-corrected chi connectivity index (χ2v) is 18.5. The normalized spacial score (nSPS) is 15.8. The van der Waals surface area contributed by atoms with Crippen molar-refractivity contribution in [1.29, 1.82) is 0 Å². The summed E-state index contributed by atoms with van der Waals surface area (Å²) in [5.74, 6) is 0.523. The molecule has 8 rings (SSSR count). The molecule has 2 atom stereocenters. The highest BCUT2D eigenvalue weighted by Gasteiger charge is 2.26. The van der Waals surface area contributed by atoms with Crippen molar-refractivity contribution in [2.24, 2.45) is 14.1 Å². The lowest BCUT2D eigenvalue weighted by Gasteiger charge is -2.24. The highest BCUT2D eigenvalue weighted by atomic mass is 35.5. The molecule has 0 saturated heterocycles. The zero-order valence-electron chi connectivity index (χ0n) is 38.6. The molecule has 2 aliphatic rings. The summed E-state index contributed by atoms with van der Waals surface area (Å²) in [6.07, 6.45) is 17.7. The van der Waals surface area contributed by atoms with Crippen molar-refractivity contribution >= 4 is 41.1 Å². The lowest BCUT2D eigenvalue weighted by molar-refractivity contribution is 0.0489. The highest BCUT2D eigenvalue weighted by Crippen LogP contribution is 2.34. The Kier molecular flexibility index (Phi) is 15.8. The van der Waals surface area contributed by atoms with Crippen LogP contribution in [0.4, 0.5) is 26.9 Å². The lowest BCUT2D eigenvalue weighted by atomic mass is 9.96. The molecule has 0 spiro atoms. The number of anilines is 3. The fraction of sp³-hybridized carbons (Fsp3) is 0.417. The number of amides is 2. The number of benzene rings is 2. The molecule has 6 aromatic rings. The Morgan fingerprint density at radius 1 is 0.692 bits per heavy atom. The summed E-state index contributed by atoms with van der Waals surface area (Å²) in [6, 6.07) is 16.3. The molecule has 0 radical (unpaired) electrons. The molecule has 0 saturated carbocycles. The summed E-state index contributed by atoms with van der Waals surface area (Å²) in [5, 5.41) is 17.5. The number of fused-ring (bicyclic) bond motifs is 2. The molecule has 2 unspecified atom stereocenters. The van der Waals surface area contributed by atoms with Crippen molar-refractivity contribution in [3.63, 3.8) is 0 Å². The van der Waals surface area contributed by atoms with Gasteiger partial charge in [-0.05, 0) is 138 Å². The molecule has 0 fully saturated rings. The number of nitrogen functional groups attached to an aromatic ring is 1. The van der Waals surface area contributed by atoms with Crippen LogP contribution in [0.3, 0.4) is 0 Å². The van der Waals surface area contributed by atoms with Crippen LogP contribution >= 0.6 is 11.6 Å². The Balaban J connectivity index is 0.000000190. The van der Waals surface area contributed by atoms with Gasteiger partial charge >= 0.3 is 12.2 Å². The fourth-order valence-corrected chi connectivity index (χ4v) is 7.76. The molecule has 16 nitrogen and oxygen atoms in total. The van der Waals surface area contributed by atoms with Gasteiger partial charge in [0.2, 0.25) is 11.2 Å². The van der Waals surface area contributed by atoms with Gasteiger partial charge in [0.1, 0.15) is 11.2 Å². The van der Waals surface area contributed by atoms with Crippen molar-refractivity contribution in [1.82, 2.24) is 50.1 Å². The molecular weight excluding hydrogens is 844 g/mol. The van der Waals surface area contributed by atoms with Gasteiger partial charge in [0.15, 0.2) is 0 Å². The van der Waals surface area contributed by atoms with E-state index in [0.29, 0.717) is 11.6 Å². The minimum absolute atomic E-state index is 0.0367. The number of halogens is 1. The van der Waals surface area contributed by atoms with E-state index >= 15 is 0 Å².